The molecular weight excluding hydrogens is 464 g/mol. The summed E-state index contributed by atoms with van der Waals surface area (Å²) in [6.07, 6.45) is 8.14. The maximum Gasteiger partial charge on any atom is 0.280 e. The normalized spacial score (nSPS) is 14.5. The van der Waals surface area contributed by atoms with E-state index < -0.39 is 16.1 Å². The lowest BCUT2D eigenvalue weighted by Crippen LogP contribution is -2.28. The number of pyridine rings is 1. The SMILES string of the molecule is CCOc1cncc(-c2cnc(C(=O)N[C@H](CC)c3cc(NS(=O)(=O)C4CC4)ccn3)s2)n1. The van der Waals surface area contributed by atoms with Gasteiger partial charge in [-0.15, -0.1) is 11.3 Å². The van der Waals surface area contributed by atoms with Crippen molar-refractivity contribution < 1.29 is 17.9 Å². The van der Waals surface area contributed by atoms with E-state index in [1.54, 1.807) is 24.5 Å². The Hall–Kier alpha value is -3.12. The summed E-state index contributed by atoms with van der Waals surface area (Å²) in [7, 11) is -3.38. The number of amides is 1. The Bertz CT molecular complexity index is 1240. The van der Waals surface area contributed by atoms with Crippen LogP contribution in [0.4, 0.5) is 5.69 Å². The molecule has 33 heavy (non-hydrogen) atoms. The van der Waals surface area contributed by atoms with Crippen molar-refractivity contribution >= 4 is 33.0 Å². The number of aromatic nitrogens is 4. The summed E-state index contributed by atoms with van der Waals surface area (Å²) in [5.74, 6) is 0.0569. The van der Waals surface area contributed by atoms with Gasteiger partial charge in [0, 0.05) is 12.4 Å². The highest BCUT2D eigenvalue weighted by molar-refractivity contribution is 7.93. The van der Waals surface area contributed by atoms with Crippen molar-refractivity contribution in [2.45, 2.75) is 44.4 Å². The van der Waals surface area contributed by atoms with Crippen molar-refractivity contribution in [3.63, 3.8) is 0 Å². The molecule has 0 unspecified atom stereocenters. The highest BCUT2D eigenvalue weighted by Crippen LogP contribution is 2.30. The number of thiazole rings is 1. The lowest BCUT2D eigenvalue weighted by atomic mass is 10.1. The quantitative estimate of drug-likeness (QED) is 0.444. The molecule has 1 saturated carbocycles. The summed E-state index contributed by atoms with van der Waals surface area (Å²) < 4.78 is 32.4. The molecule has 0 saturated heterocycles. The maximum atomic E-state index is 12.8. The molecule has 1 aliphatic rings. The molecule has 12 heteroatoms. The van der Waals surface area contributed by atoms with E-state index in [4.69, 9.17) is 4.74 Å². The maximum absolute atomic E-state index is 12.8. The topological polar surface area (TPSA) is 136 Å². The Balaban J connectivity index is 1.46. The molecule has 1 atom stereocenters. The van der Waals surface area contributed by atoms with Crippen molar-refractivity contribution in [2.24, 2.45) is 0 Å². The second-order valence-electron chi connectivity index (χ2n) is 7.46. The van der Waals surface area contributed by atoms with Crippen molar-refractivity contribution in [3.05, 3.63) is 47.6 Å². The number of hydrogen-bond donors (Lipinski definition) is 2. The van der Waals surface area contributed by atoms with E-state index in [1.807, 2.05) is 13.8 Å². The summed E-state index contributed by atoms with van der Waals surface area (Å²) in [5, 5.41) is 2.88. The fraction of sp³-hybridized carbons (Fsp3) is 0.381. The number of rotatable bonds is 10. The second-order valence-corrected chi connectivity index (χ2v) is 10.4. The molecule has 0 aliphatic heterocycles. The fourth-order valence-electron chi connectivity index (χ4n) is 3.12. The van der Waals surface area contributed by atoms with E-state index in [9.17, 15) is 13.2 Å². The smallest absolute Gasteiger partial charge is 0.280 e. The van der Waals surface area contributed by atoms with Crippen molar-refractivity contribution in [1.82, 2.24) is 25.3 Å². The first kappa shape index (κ1) is 23.1. The van der Waals surface area contributed by atoms with Crippen LogP contribution in [0.2, 0.25) is 0 Å². The van der Waals surface area contributed by atoms with Gasteiger partial charge in [-0.05, 0) is 38.3 Å². The van der Waals surface area contributed by atoms with Gasteiger partial charge >= 0.3 is 0 Å². The van der Waals surface area contributed by atoms with Crippen molar-refractivity contribution in [1.29, 1.82) is 0 Å². The Morgan fingerprint density at radius 3 is 2.79 bits per heavy atom. The van der Waals surface area contributed by atoms with E-state index in [2.05, 4.69) is 30.0 Å². The summed E-state index contributed by atoms with van der Waals surface area (Å²) in [4.78, 5) is 30.6. The van der Waals surface area contributed by atoms with Crippen LogP contribution in [0.15, 0.2) is 36.9 Å². The molecule has 4 rings (SSSR count). The molecule has 0 aromatic carbocycles. The Morgan fingerprint density at radius 2 is 2.06 bits per heavy atom. The van der Waals surface area contributed by atoms with Crippen LogP contribution in [0, 0.1) is 0 Å². The predicted octanol–water partition coefficient (Wildman–Crippen LogP) is 3.18. The van der Waals surface area contributed by atoms with Gasteiger partial charge in [-0.3, -0.25) is 19.5 Å². The first-order chi connectivity index (χ1) is 15.9. The number of carbonyl (C=O) groups excluding carboxylic acids is 1. The van der Waals surface area contributed by atoms with Crippen LogP contribution in [-0.2, 0) is 10.0 Å². The molecule has 3 aromatic rings. The molecule has 174 valence electrons. The van der Waals surface area contributed by atoms with Gasteiger partial charge < -0.3 is 10.1 Å². The highest BCUT2D eigenvalue weighted by atomic mass is 32.2. The minimum atomic E-state index is -3.38. The van der Waals surface area contributed by atoms with E-state index in [0.29, 0.717) is 53.7 Å². The molecule has 3 aromatic heterocycles. The molecule has 3 heterocycles. The van der Waals surface area contributed by atoms with Crippen LogP contribution in [0.3, 0.4) is 0 Å². The number of sulfonamides is 1. The van der Waals surface area contributed by atoms with Crippen molar-refractivity contribution in [2.75, 3.05) is 11.3 Å². The van der Waals surface area contributed by atoms with Crippen LogP contribution in [0.5, 0.6) is 5.88 Å². The molecule has 1 fully saturated rings. The van der Waals surface area contributed by atoms with Gasteiger partial charge in [-0.1, -0.05) is 6.92 Å². The first-order valence-corrected chi connectivity index (χ1v) is 13.0. The summed E-state index contributed by atoms with van der Waals surface area (Å²) in [5.41, 5.74) is 1.57. The lowest BCUT2D eigenvalue weighted by molar-refractivity contribution is 0.0934. The molecule has 0 bridgehead atoms. The third-order valence-electron chi connectivity index (χ3n) is 4.93. The molecule has 10 nitrogen and oxygen atoms in total. The fourth-order valence-corrected chi connectivity index (χ4v) is 5.27. The first-order valence-electron chi connectivity index (χ1n) is 10.6. The Morgan fingerprint density at radius 1 is 1.24 bits per heavy atom. The van der Waals surface area contributed by atoms with Gasteiger partial charge in [0.05, 0.1) is 46.6 Å². The van der Waals surface area contributed by atoms with Gasteiger partial charge in [0.2, 0.25) is 15.9 Å². The standard InChI is InChI=1S/C21H24N6O4S2/c1-3-15(16-9-13(7-8-23-16)27-33(29,30)14-5-6-14)26-20(28)21-24-11-18(32-21)17-10-22-12-19(25-17)31-4-2/h7-12,14-15H,3-6H2,1-2H3,(H,23,27)(H,26,28)/t15-/m1/s1. The number of nitrogens with one attached hydrogen (secondary N) is 2. The van der Waals surface area contributed by atoms with Gasteiger partial charge in [0.15, 0.2) is 5.01 Å². The Kier molecular flexibility index (Phi) is 6.84. The van der Waals surface area contributed by atoms with E-state index in [0.717, 1.165) is 0 Å². The van der Waals surface area contributed by atoms with Crippen LogP contribution in [0.25, 0.3) is 10.6 Å². The van der Waals surface area contributed by atoms with Crippen molar-refractivity contribution in [3.8, 4) is 16.5 Å². The van der Waals surface area contributed by atoms with E-state index in [-0.39, 0.29) is 16.2 Å². The summed E-state index contributed by atoms with van der Waals surface area (Å²) in [6.45, 7) is 4.25. The van der Waals surface area contributed by atoms with Crippen LogP contribution >= 0.6 is 11.3 Å². The van der Waals surface area contributed by atoms with Gasteiger partial charge in [0.1, 0.15) is 5.69 Å². The van der Waals surface area contributed by atoms with E-state index >= 15 is 0 Å². The number of nitrogens with zero attached hydrogens (tertiary/aromatic N) is 4. The minimum Gasteiger partial charge on any atom is -0.477 e. The minimum absolute atomic E-state index is 0.276. The van der Waals surface area contributed by atoms with Crippen LogP contribution < -0.4 is 14.8 Å². The molecule has 0 radical (unpaired) electrons. The predicted molar refractivity (Wildman–Crippen MR) is 125 cm³/mol. The Labute approximate surface area is 195 Å². The van der Waals surface area contributed by atoms with Gasteiger partial charge in [-0.25, -0.2) is 18.4 Å². The number of carbonyl (C=O) groups is 1. The van der Waals surface area contributed by atoms with Crippen LogP contribution in [-0.4, -0.2) is 46.1 Å². The number of anilines is 1. The van der Waals surface area contributed by atoms with Gasteiger partial charge in [0.25, 0.3) is 5.91 Å². The summed E-state index contributed by atoms with van der Waals surface area (Å²) in [6, 6.07) is 2.84. The third-order valence-corrected chi connectivity index (χ3v) is 7.82. The zero-order chi connectivity index (χ0) is 23.4. The molecular formula is C21H24N6O4S2. The molecule has 0 spiro atoms. The van der Waals surface area contributed by atoms with Crippen LogP contribution in [0.1, 0.15) is 54.6 Å². The number of hydrogen-bond acceptors (Lipinski definition) is 9. The second kappa shape index (κ2) is 9.79. The molecule has 2 N–H and O–H groups in total. The van der Waals surface area contributed by atoms with Gasteiger partial charge in [-0.2, -0.15) is 0 Å². The summed E-state index contributed by atoms with van der Waals surface area (Å²) >= 11 is 1.20. The monoisotopic (exact) mass is 488 g/mol. The molecule has 1 amide bonds. The lowest BCUT2D eigenvalue weighted by Gasteiger charge is -2.17. The zero-order valence-electron chi connectivity index (χ0n) is 18.2. The average Bonchev–Trinajstić information content (AvgIpc) is 3.56. The largest absolute Gasteiger partial charge is 0.477 e. The zero-order valence-corrected chi connectivity index (χ0v) is 19.8. The third kappa shape index (κ3) is 5.63. The number of ether oxygens (including phenoxy) is 1. The van der Waals surface area contributed by atoms with E-state index in [1.165, 1.54) is 23.7 Å². The molecule has 1 aliphatic carbocycles. The average molecular weight is 489 g/mol. The highest BCUT2D eigenvalue weighted by Gasteiger charge is 2.35.